The van der Waals surface area contributed by atoms with Crippen LogP contribution in [0.2, 0.25) is 0 Å². The summed E-state index contributed by atoms with van der Waals surface area (Å²) in [6, 6.07) is 75.2. The average molecular weight is 781 g/mol. The second-order valence-electron chi connectivity index (χ2n) is 14.9. The summed E-state index contributed by atoms with van der Waals surface area (Å²) in [4.78, 5) is 25.0. The van der Waals surface area contributed by atoms with Gasteiger partial charge in [0.2, 0.25) is 0 Å². The maximum absolute atomic E-state index is 5.21. The standard InChI is InChI=1S/C55H36N6/c1-4-15-38(16-5-1)48-36-49(57-52(56-48)42-31-33-45(34-32-42)61-50-25-12-10-23-46(50)47-24-11-13-26-51(47)61)44-22-14-21-43(35-44)37-27-29-41(30-28-37)55-59-53(39-17-6-2-7-18-39)58-54(60-55)40-19-8-3-9-20-40/h1-36H. The van der Waals surface area contributed by atoms with Gasteiger partial charge in [0.05, 0.1) is 22.4 Å². The first-order chi connectivity index (χ1) is 30.2. The molecule has 3 aromatic heterocycles. The van der Waals surface area contributed by atoms with Gasteiger partial charge in [-0.1, -0.05) is 170 Å². The minimum absolute atomic E-state index is 0.623. The van der Waals surface area contributed by atoms with Crippen LogP contribution in [0, 0.1) is 0 Å². The van der Waals surface area contributed by atoms with Crippen molar-refractivity contribution >= 4 is 21.8 Å². The number of nitrogens with zero attached hydrogens (tertiary/aromatic N) is 6. The number of fused-ring (bicyclic) bond motifs is 3. The number of aromatic nitrogens is 6. The maximum Gasteiger partial charge on any atom is 0.164 e. The average Bonchev–Trinajstić information content (AvgIpc) is 3.69. The van der Waals surface area contributed by atoms with Crippen molar-refractivity contribution in [3.8, 4) is 84.9 Å². The third-order valence-corrected chi connectivity index (χ3v) is 11.1. The van der Waals surface area contributed by atoms with Crippen molar-refractivity contribution in [3.63, 3.8) is 0 Å². The van der Waals surface area contributed by atoms with Crippen LogP contribution in [-0.2, 0) is 0 Å². The Morgan fingerprint density at radius 3 is 1.16 bits per heavy atom. The molecule has 61 heavy (non-hydrogen) atoms. The van der Waals surface area contributed by atoms with Gasteiger partial charge in [-0.15, -0.1) is 0 Å². The first-order valence-electron chi connectivity index (χ1n) is 20.3. The molecule has 0 saturated heterocycles. The van der Waals surface area contributed by atoms with Crippen molar-refractivity contribution in [1.82, 2.24) is 29.5 Å². The summed E-state index contributed by atoms with van der Waals surface area (Å²) in [5.41, 5.74) is 13.1. The maximum atomic E-state index is 5.21. The molecular weight excluding hydrogens is 745 g/mol. The molecular formula is C55H36N6. The Hall–Kier alpha value is -8.35. The van der Waals surface area contributed by atoms with E-state index in [1.807, 2.05) is 78.9 Å². The normalized spacial score (nSPS) is 11.3. The highest BCUT2D eigenvalue weighted by Crippen LogP contribution is 2.35. The molecule has 0 aliphatic heterocycles. The monoisotopic (exact) mass is 780 g/mol. The van der Waals surface area contributed by atoms with Crippen LogP contribution in [0.5, 0.6) is 0 Å². The SMILES string of the molecule is c1ccc(-c2cc(-c3cccc(-c4ccc(-c5nc(-c6ccccc6)nc(-c6ccccc6)n5)cc4)c3)nc(-c3ccc(-n4c5ccccc5c5ccccc54)cc3)n2)cc1. The lowest BCUT2D eigenvalue weighted by molar-refractivity contribution is 1.07. The van der Waals surface area contributed by atoms with Crippen LogP contribution in [0.25, 0.3) is 107 Å². The lowest BCUT2D eigenvalue weighted by atomic mass is 9.99. The van der Waals surface area contributed by atoms with Crippen molar-refractivity contribution in [2.75, 3.05) is 0 Å². The van der Waals surface area contributed by atoms with Crippen LogP contribution in [0.3, 0.4) is 0 Å². The summed E-state index contributed by atoms with van der Waals surface area (Å²) in [7, 11) is 0. The molecule has 0 spiro atoms. The number of benzene rings is 8. The van der Waals surface area contributed by atoms with Gasteiger partial charge in [-0.2, -0.15) is 0 Å². The predicted octanol–water partition coefficient (Wildman–Crippen LogP) is 13.4. The van der Waals surface area contributed by atoms with Crippen molar-refractivity contribution in [3.05, 3.63) is 218 Å². The molecule has 0 aliphatic carbocycles. The molecule has 3 heterocycles. The zero-order valence-corrected chi connectivity index (χ0v) is 33.0. The van der Waals surface area contributed by atoms with E-state index < -0.39 is 0 Å². The van der Waals surface area contributed by atoms with Gasteiger partial charge in [0.25, 0.3) is 0 Å². The molecule has 0 radical (unpaired) electrons. The van der Waals surface area contributed by atoms with Crippen LogP contribution >= 0.6 is 0 Å². The molecule has 286 valence electrons. The zero-order valence-electron chi connectivity index (χ0n) is 33.0. The van der Waals surface area contributed by atoms with Gasteiger partial charge in [0.15, 0.2) is 23.3 Å². The third kappa shape index (κ3) is 6.92. The van der Waals surface area contributed by atoms with E-state index in [4.69, 9.17) is 24.9 Å². The minimum Gasteiger partial charge on any atom is -0.309 e. The van der Waals surface area contributed by atoms with E-state index in [-0.39, 0.29) is 0 Å². The van der Waals surface area contributed by atoms with Gasteiger partial charge in [-0.3, -0.25) is 0 Å². The number of rotatable bonds is 8. The lowest BCUT2D eigenvalue weighted by Gasteiger charge is -2.12. The van der Waals surface area contributed by atoms with Crippen LogP contribution < -0.4 is 0 Å². The molecule has 0 bridgehead atoms. The Bertz CT molecular complexity index is 3210. The van der Waals surface area contributed by atoms with Gasteiger partial charge in [-0.05, 0) is 59.7 Å². The van der Waals surface area contributed by atoms with Crippen molar-refractivity contribution < 1.29 is 0 Å². The fourth-order valence-corrected chi connectivity index (χ4v) is 8.05. The fourth-order valence-electron chi connectivity index (χ4n) is 8.05. The summed E-state index contributed by atoms with van der Waals surface area (Å²) < 4.78 is 2.33. The molecule has 0 N–H and O–H groups in total. The van der Waals surface area contributed by atoms with E-state index >= 15 is 0 Å². The van der Waals surface area contributed by atoms with E-state index in [0.29, 0.717) is 23.3 Å². The Morgan fingerprint density at radius 2 is 0.623 bits per heavy atom. The molecule has 0 amide bonds. The Labute approximate surface area is 353 Å². The van der Waals surface area contributed by atoms with Crippen LogP contribution in [0.1, 0.15) is 0 Å². The highest BCUT2D eigenvalue weighted by Gasteiger charge is 2.16. The van der Waals surface area contributed by atoms with Gasteiger partial charge >= 0.3 is 0 Å². The van der Waals surface area contributed by atoms with E-state index in [1.54, 1.807) is 0 Å². The molecule has 0 atom stereocenters. The van der Waals surface area contributed by atoms with Crippen LogP contribution in [0.4, 0.5) is 0 Å². The van der Waals surface area contributed by atoms with Gasteiger partial charge in [0, 0.05) is 49.8 Å². The Kier molecular flexibility index (Phi) is 9.06. The van der Waals surface area contributed by atoms with Crippen LogP contribution in [-0.4, -0.2) is 29.5 Å². The Balaban J connectivity index is 0.945. The molecule has 0 unspecified atom stereocenters. The quantitative estimate of drug-likeness (QED) is 0.154. The summed E-state index contributed by atoms with van der Waals surface area (Å²) >= 11 is 0. The number of hydrogen-bond donors (Lipinski definition) is 0. The van der Waals surface area contributed by atoms with Crippen molar-refractivity contribution in [2.45, 2.75) is 0 Å². The third-order valence-electron chi connectivity index (χ3n) is 11.1. The van der Waals surface area contributed by atoms with E-state index in [9.17, 15) is 0 Å². The summed E-state index contributed by atoms with van der Waals surface area (Å²) in [5, 5.41) is 2.48. The molecule has 6 heteroatoms. The minimum atomic E-state index is 0.623. The predicted molar refractivity (Wildman–Crippen MR) is 248 cm³/mol. The molecule has 8 aromatic carbocycles. The number of hydrogen-bond acceptors (Lipinski definition) is 5. The highest BCUT2D eigenvalue weighted by molar-refractivity contribution is 6.09. The Morgan fingerprint density at radius 1 is 0.246 bits per heavy atom. The van der Waals surface area contributed by atoms with Gasteiger partial charge in [0.1, 0.15) is 0 Å². The summed E-state index contributed by atoms with van der Waals surface area (Å²) in [6.45, 7) is 0. The van der Waals surface area contributed by atoms with Crippen molar-refractivity contribution in [1.29, 1.82) is 0 Å². The topological polar surface area (TPSA) is 69.4 Å². The first-order valence-corrected chi connectivity index (χ1v) is 20.3. The highest BCUT2D eigenvalue weighted by atomic mass is 15.0. The largest absolute Gasteiger partial charge is 0.309 e. The second kappa shape index (κ2) is 15.4. The molecule has 0 fully saturated rings. The first kappa shape index (κ1) is 35.8. The van der Waals surface area contributed by atoms with E-state index in [1.165, 1.54) is 21.8 Å². The van der Waals surface area contributed by atoms with E-state index in [2.05, 4.69) is 144 Å². The molecule has 11 rings (SSSR count). The molecule has 11 aromatic rings. The molecule has 6 nitrogen and oxygen atoms in total. The summed E-state index contributed by atoms with van der Waals surface area (Å²) in [6.07, 6.45) is 0. The van der Waals surface area contributed by atoms with E-state index in [0.717, 1.165) is 61.6 Å². The fraction of sp³-hybridized carbons (Fsp3) is 0. The number of para-hydroxylation sites is 2. The second-order valence-corrected chi connectivity index (χ2v) is 14.9. The van der Waals surface area contributed by atoms with Gasteiger partial charge in [-0.25, -0.2) is 24.9 Å². The van der Waals surface area contributed by atoms with Crippen LogP contribution in [0.15, 0.2) is 218 Å². The smallest absolute Gasteiger partial charge is 0.164 e. The molecule has 0 aliphatic rings. The van der Waals surface area contributed by atoms with Crippen molar-refractivity contribution in [2.24, 2.45) is 0 Å². The van der Waals surface area contributed by atoms with Gasteiger partial charge < -0.3 is 4.57 Å². The summed E-state index contributed by atoms with van der Waals surface area (Å²) in [5.74, 6) is 2.57. The lowest BCUT2D eigenvalue weighted by Crippen LogP contribution is -2.00. The zero-order chi connectivity index (χ0) is 40.5. The molecule has 0 saturated carbocycles.